The number of hydrogen-bond acceptors (Lipinski definition) is 4. The smallest absolute Gasteiger partial charge is 0.396 e. The Balaban J connectivity index is 1.71. The van der Waals surface area contributed by atoms with E-state index in [4.69, 9.17) is 0 Å². The molecule has 1 aliphatic carbocycles. The van der Waals surface area contributed by atoms with Crippen LogP contribution < -0.4 is 10.2 Å². The van der Waals surface area contributed by atoms with Gasteiger partial charge in [-0.15, -0.1) is 0 Å². The summed E-state index contributed by atoms with van der Waals surface area (Å²) >= 11 is 0. The predicted molar refractivity (Wildman–Crippen MR) is 88.0 cm³/mol. The summed E-state index contributed by atoms with van der Waals surface area (Å²) in [7, 11) is 0. The van der Waals surface area contributed by atoms with E-state index < -0.39 is 23.6 Å². The van der Waals surface area contributed by atoms with Crippen molar-refractivity contribution in [3.8, 4) is 0 Å². The van der Waals surface area contributed by atoms with Crippen molar-refractivity contribution in [2.45, 2.75) is 37.9 Å². The van der Waals surface area contributed by atoms with E-state index in [0.717, 1.165) is 48.4 Å². The normalized spacial score (nSPS) is 24.0. The van der Waals surface area contributed by atoms with E-state index in [1.807, 2.05) is 0 Å². The van der Waals surface area contributed by atoms with Gasteiger partial charge in [0.2, 0.25) is 0 Å². The van der Waals surface area contributed by atoms with Crippen LogP contribution in [0.5, 0.6) is 0 Å². The first kappa shape index (κ1) is 18.4. The second kappa shape index (κ2) is 7.11. The molecule has 0 unspecified atom stereocenters. The summed E-state index contributed by atoms with van der Waals surface area (Å²) in [6.45, 7) is 0.0851. The molecule has 0 spiro atoms. The number of hydrogen-bond donors (Lipinski definition) is 2. The van der Waals surface area contributed by atoms with Crippen molar-refractivity contribution < 1.29 is 27.9 Å². The van der Waals surface area contributed by atoms with Crippen LogP contribution in [0.15, 0.2) is 36.0 Å². The van der Waals surface area contributed by atoms with Crippen LogP contribution in [0, 0.1) is 5.92 Å². The third kappa shape index (κ3) is 3.75. The van der Waals surface area contributed by atoms with Crippen molar-refractivity contribution in [2.24, 2.45) is 5.92 Å². The topological polar surface area (TPSA) is 69.6 Å². The Morgan fingerprint density at radius 3 is 2.46 bits per heavy atom. The van der Waals surface area contributed by atoms with Gasteiger partial charge in [0, 0.05) is 18.7 Å². The highest BCUT2D eigenvalue weighted by molar-refractivity contribution is 6.30. The van der Waals surface area contributed by atoms with Crippen molar-refractivity contribution in [3.63, 3.8) is 0 Å². The molecule has 1 aromatic rings. The van der Waals surface area contributed by atoms with Gasteiger partial charge in [0.15, 0.2) is 0 Å². The quantitative estimate of drug-likeness (QED) is 0.802. The van der Waals surface area contributed by atoms with E-state index in [1.165, 1.54) is 6.08 Å². The Hall–Kier alpha value is -2.35. The van der Waals surface area contributed by atoms with Crippen molar-refractivity contribution in [1.29, 1.82) is 0 Å². The SMILES string of the molecule is O=C1C=C(N[C@H]2CCC[C@@H](CO)C2)C(=O)N1c1ccc(C(F)(F)F)cc1. The molecule has 0 saturated heterocycles. The van der Waals surface area contributed by atoms with Gasteiger partial charge in [0.25, 0.3) is 11.8 Å². The molecule has 0 radical (unpaired) electrons. The second-order valence-electron chi connectivity index (χ2n) is 6.64. The fourth-order valence-corrected chi connectivity index (χ4v) is 3.43. The van der Waals surface area contributed by atoms with Crippen LogP contribution in [-0.2, 0) is 15.8 Å². The predicted octanol–water partition coefficient (Wildman–Crippen LogP) is 2.60. The number of halogens is 3. The number of aliphatic hydroxyl groups excluding tert-OH is 1. The van der Waals surface area contributed by atoms with Crippen LogP contribution in [0.1, 0.15) is 31.2 Å². The molecule has 3 rings (SSSR count). The summed E-state index contributed by atoms with van der Waals surface area (Å²) in [6, 6.07) is 3.88. The maximum absolute atomic E-state index is 12.6. The van der Waals surface area contributed by atoms with Gasteiger partial charge in [-0.25, -0.2) is 4.90 Å². The molecule has 2 N–H and O–H groups in total. The molecule has 8 heteroatoms. The summed E-state index contributed by atoms with van der Waals surface area (Å²) in [4.78, 5) is 25.5. The first-order valence-electron chi connectivity index (χ1n) is 8.44. The summed E-state index contributed by atoms with van der Waals surface area (Å²) in [5.74, 6) is -1.01. The Bertz CT molecular complexity index is 728. The highest BCUT2D eigenvalue weighted by Gasteiger charge is 2.35. The molecule has 0 bridgehead atoms. The summed E-state index contributed by atoms with van der Waals surface area (Å²) in [5, 5.41) is 12.3. The largest absolute Gasteiger partial charge is 0.416 e. The van der Waals surface area contributed by atoms with Gasteiger partial charge < -0.3 is 10.4 Å². The van der Waals surface area contributed by atoms with Gasteiger partial charge in [0.1, 0.15) is 5.70 Å². The van der Waals surface area contributed by atoms with E-state index in [0.29, 0.717) is 6.42 Å². The molecule has 1 aromatic carbocycles. The van der Waals surface area contributed by atoms with Crippen LogP contribution in [0.3, 0.4) is 0 Å². The lowest BCUT2D eigenvalue weighted by atomic mass is 9.86. The monoisotopic (exact) mass is 368 g/mol. The number of aliphatic hydroxyl groups is 1. The number of benzene rings is 1. The zero-order chi connectivity index (χ0) is 18.9. The van der Waals surface area contributed by atoms with Crippen molar-refractivity contribution in [1.82, 2.24) is 5.32 Å². The van der Waals surface area contributed by atoms with E-state index in [9.17, 15) is 27.9 Å². The van der Waals surface area contributed by atoms with Crippen molar-refractivity contribution in [2.75, 3.05) is 11.5 Å². The Morgan fingerprint density at radius 1 is 1.15 bits per heavy atom. The standard InChI is InChI=1S/C18H19F3N2O3/c19-18(20,21)12-4-6-14(7-5-12)23-16(25)9-15(17(23)26)22-13-3-1-2-11(8-13)10-24/h4-7,9,11,13,22,24H,1-3,8,10H2/t11-,13+/m1/s1. The Morgan fingerprint density at radius 2 is 1.85 bits per heavy atom. The molecular weight excluding hydrogens is 349 g/mol. The summed E-state index contributed by atoms with van der Waals surface area (Å²) in [5.41, 5.74) is -0.611. The van der Waals surface area contributed by atoms with Crippen molar-refractivity contribution in [3.05, 3.63) is 41.6 Å². The highest BCUT2D eigenvalue weighted by Crippen LogP contribution is 2.32. The lowest BCUT2D eigenvalue weighted by Crippen LogP contribution is -2.39. The maximum Gasteiger partial charge on any atom is 0.416 e. The molecule has 0 aromatic heterocycles. The van der Waals surface area contributed by atoms with Gasteiger partial charge in [-0.05, 0) is 49.4 Å². The number of anilines is 1. The number of carbonyl (C=O) groups excluding carboxylic acids is 2. The number of nitrogens with zero attached hydrogens (tertiary/aromatic N) is 1. The molecule has 1 fully saturated rings. The van der Waals surface area contributed by atoms with Gasteiger partial charge in [-0.2, -0.15) is 13.2 Å². The summed E-state index contributed by atoms with van der Waals surface area (Å²) < 4.78 is 37.9. The number of alkyl halides is 3. The third-order valence-electron chi connectivity index (χ3n) is 4.78. The minimum absolute atomic E-state index is 0.0172. The lowest BCUT2D eigenvalue weighted by molar-refractivity contribution is -0.137. The zero-order valence-corrected chi connectivity index (χ0v) is 13.9. The number of rotatable bonds is 4. The highest BCUT2D eigenvalue weighted by atomic mass is 19.4. The van der Waals surface area contributed by atoms with Gasteiger partial charge in [0.05, 0.1) is 11.3 Å². The van der Waals surface area contributed by atoms with Crippen LogP contribution >= 0.6 is 0 Å². The maximum atomic E-state index is 12.6. The molecule has 140 valence electrons. The van der Waals surface area contributed by atoms with Crippen molar-refractivity contribution >= 4 is 17.5 Å². The molecule has 1 saturated carbocycles. The van der Waals surface area contributed by atoms with E-state index in [-0.39, 0.29) is 30.0 Å². The number of carbonyl (C=O) groups is 2. The number of amides is 2. The summed E-state index contributed by atoms with van der Waals surface area (Å²) in [6.07, 6.45) is 0.0692. The van der Waals surface area contributed by atoms with Crippen LogP contribution in [-0.4, -0.2) is 29.6 Å². The van der Waals surface area contributed by atoms with Gasteiger partial charge in [-0.1, -0.05) is 6.42 Å². The molecule has 1 aliphatic heterocycles. The van der Waals surface area contributed by atoms with Crippen LogP contribution in [0.2, 0.25) is 0 Å². The molecule has 5 nitrogen and oxygen atoms in total. The average Bonchev–Trinajstić information content (AvgIpc) is 2.88. The van der Waals surface area contributed by atoms with E-state index >= 15 is 0 Å². The molecule has 2 atom stereocenters. The number of imide groups is 1. The van der Waals surface area contributed by atoms with Gasteiger partial charge >= 0.3 is 6.18 Å². The molecule has 2 aliphatic rings. The molecule has 2 amide bonds. The molecular formula is C18H19F3N2O3. The van der Waals surface area contributed by atoms with Crippen LogP contribution in [0.25, 0.3) is 0 Å². The Kier molecular flexibility index (Phi) is 5.04. The lowest BCUT2D eigenvalue weighted by Gasteiger charge is -2.29. The van der Waals surface area contributed by atoms with Gasteiger partial charge in [-0.3, -0.25) is 9.59 Å². The first-order valence-corrected chi connectivity index (χ1v) is 8.44. The fraction of sp³-hybridized carbons (Fsp3) is 0.444. The van der Waals surface area contributed by atoms with E-state index in [2.05, 4.69) is 5.32 Å². The molecule has 26 heavy (non-hydrogen) atoms. The number of nitrogens with one attached hydrogen (secondary N) is 1. The Labute approximate surface area is 148 Å². The zero-order valence-electron chi connectivity index (χ0n) is 13.9. The first-order chi connectivity index (χ1) is 12.3. The minimum Gasteiger partial charge on any atom is -0.396 e. The minimum atomic E-state index is -4.48. The average molecular weight is 368 g/mol. The van der Waals surface area contributed by atoms with E-state index in [1.54, 1.807) is 0 Å². The second-order valence-corrected chi connectivity index (χ2v) is 6.64. The fourth-order valence-electron chi connectivity index (χ4n) is 3.43. The third-order valence-corrected chi connectivity index (χ3v) is 4.78. The molecule has 1 heterocycles. The van der Waals surface area contributed by atoms with Crippen LogP contribution in [0.4, 0.5) is 18.9 Å².